The molecule has 0 bridgehead atoms. The molecule has 0 spiro atoms. The van der Waals surface area contributed by atoms with Crippen molar-refractivity contribution in [1.29, 1.82) is 0 Å². The lowest BCUT2D eigenvalue weighted by molar-refractivity contribution is 0.465. The third kappa shape index (κ3) is 2.75. The number of aromatic hydroxyl groups is 1. The summed E-state index contributed by atoms with van der Waals surface area (Å²) in [5.41, 5.74) is 7.09. The first kappa shape index (κ1) is 14.8. The highest BCUT2D eigenvalue weighted by atomic mass is 79.9. The average molecular weight is 436 g/mol. The smallest absolute Gasteiger partial charge is 0.144 e. The number of halogens is 4. The maximum absolute atomic E-state index is 9.79. The predicted octanol–water partition coefficient (Wildman–Crippen LogP) is 4.51. The largest absolute Gasteiger partial charge is 0.506 e. The number of phenolic OH excluding ortho intramolecular Hbond substituents is 1. The van der Waals surface area contributed by atoms with Gasteiger partial charge < -0.3 is 10.8 Å². The molecule has 1 aromatic rings. The lowest BCUT2D eigenvalue weighted by Crippen LogP contribution is -2.13. The molecule has 1 aliphatic rings. The van der Waals surface area contributed by atoms with Gasteiger partial charge in [0.25, 0.3) is 0 Å². The second-order valence-corrected chi connectivity index (χ2v) is 6.28. The van der Waals surface area contributed by atoms with E-state index in [2.05, 4.69) is 47.8 Å². The van der Waals surface area contributed by atoms with Gasteiger partial charge in [-0.1, -0.05) is 15.9 Å². The summed E-state index contributed by atoms with van der Waals surface area (Å²) in [7, 11) is 0. The van der Waals surface area contributed by atoms with E-state index in [4.69, 9.17) is 5.73 Å². The summed E-state index contributed by atoms with van der Waals surface area (Å²) in [6.45, 7) is 0. The fourth-order valence-corrected chi connectivity index (χ4v) is 4.24. The normalized spacial score (nSPS) is 16.8. The highest BCUT2D eigenvalue weighted by Crippen LogP contribution is 2.47. The molecule has 0 amide bonds. The lowest BCUT2D eigenvalue weighted by Gasteiger charge is -2.16. The zero-order valence-electron chi connectivity index (χ0n) is 8.21. The maximum atomic E-state index is 9.79. The van der Waals surface area contributed by atoms with Crippen LogP contribution in [0.2, 0.25) is 0 Å². The van der Waals surface area contributed by atoms with Crippen LogP contribution < -0.4 is 5.73 Å². The predicted molar refractivity (Wildman–Crippen MR) is 78.1 cm³/mol. The number of nitrogens with two attached hydrogens (primary N) is 1. The van der Waals surface area contributed by atoms with Crippen molar-refractivity contribution in [2.24, 2.45) is 11.7 Å². The molecule has 1 aromatic carbocycles. The zero-order chi connectivity index (χ0) is 11.2. The Morgan fingerprint density at radius 2 is 1.81 bits per heavy atom. The van der Waals surface area contributed by atoms with E-state index in [0.29, 0.717) is 14.9 Å². The molecule has 1 fully saturated rings. The molecule has 2 nitrogen and oxygen atoms in total. The van der Waals surface area contributed by atoms with E-state index in [9.17, 15) is 5.11 Å². The number of rotatable bonds is 2. The molecule has 1 saturated carbocycles. The quantitative estimate of drug-likeness (QED) is 0.717. The van der Waals surface area contributed by atoms with Gasteiger partial charge in [0.1, 0.15) is 5.75 Å². The van der Waals surface area contributed by atoms with Crippen LogP contribution in [0.15, 0.2) is 19.5 Å². The van der Waals surface area contributed by atoms with Crippen molar-refractivity contribution in [3.63, 3.8) is 0 Å². The minimum atomic E-state index is -0.00671. The fraction of sp³-hybridized carbons (Fsp3) is 0.400. The Morgan fingerprint density at radius 1 is 1.25 bits per heavy atom. The molecule has 90 valence electrons. The van der Waals surface area contributed by atoms with Gasteiger partial charge in [0.15, 0.2) is 0 Å². The molecule has 3 N–H and O–H groups in total. The number of hydrogen-bond donors (Lipinski definition) is 2. The van der Waals surface area contributed by atoms with Crippen molar-refractivity contribution < 1.29 is 5.11 Å². The van der Waals surface area contributed by atoms with Crippen LogP contribution >= 0.6 is 60.2 Å². The standard InChI is InChI=1S/C10H10Br3NO.ClH/c11-5-3-6(12)10(15)8(13)7(5)9(14)4-1-2-4;/h3-4,9,15H,1-2,14H2;1H/t9-;/m1./s1. The third-order valence-electron chi connectivity index (χ3n) is 2.64. The first-order chi connectivity index (χ1) is 7.02. The van der Waals surface area contributed by atoms with Crippen molar-refractivity contribution in [2.45, 2.75) is 18.9 Å². The topological polar surface area (TPSA) is 46.2 Å². The third-order valence-corrected chi connectivity index (χ3v) is 4.71. The van der Waals surface area contributed by atoms with Crippen molar-refractivity contribution >= 4 is 60.2 Å². The van der Waals surface area contributed by atoms with Gasteiger partial charge >= 0.3 is 0 Å². The van der Waals surface area contributed by atoms with Crippen LogP contribution in [-0.4, -0.2) is 5.11 Å². The van der Waals surface area contributed by atoms with Gasteiger partial charge in [-0.3, -0.25) is 0 Å². The van der Waals surface area contributed by atoms with Crippen LogP contribution in [0.5, 0.6) is 5.75 Å². The van der Waals surface area contributed by atoms with E-state index in [0.717, 1.165) is 10.0 Å². The second kappa shape index (κ2) is 5.57. The SMILES string of the molecule is Cl.N[C@@H](c1c(Br)cc(Br)c(O)c1Br)C1CC1. The van der Waals surface area contributed by atoms with Gasteiger partial charge in [-0.2, -0.15) is 0 Å². The summed E-state index contributed by atoms with van der Waals surface area (Å²) < 4.78 is 2.27. The average Bonchev–Trinajstić information content (AvgIpc) is 2.97. The first-order valence-corrected chi connectivity index (χ1v) is 7.02. The van der Waals surface area contributed by atoms with Crippen LogP contribution in [0.1, 0.15) is 24.4 Å². The van der Waals surface area contributed by atoms with Crippen LogP contribution in [-0.2, 0) is 0 Å². The number of phenols is 1. The van der Waals surface area contributed by atoms with Crippen LogP contribution in [0.4, 0.5) is 0 Å². The van der Waals surface area contributed by atoms with Gasteiger partial charge in [0, 0.05) is 16.1 Å². The monoisotopic (exact) mass is 433 g/mol. The molecule has 1 aliphatic carbocycles. The molecular formula is C10H11Br3ClNO. The Morgan fingerprint density at radius 3 is 2.31 bits per heavy atom. The minimum absolute atomic E-state index is 0. The molecule has 16 heavy (non-hydrogen) atoms. The van der Waals surface area contributed by atoms with Crippen molar-refractivity contribution in [3.8, 4) is 5.75 Å². The molecule has 0 aliphatic heterocycles. The van der Waals surface area contributed by atoms with Gasteiger partial charge in [0.2, 0.25) is 0 Å². The molecular weight excluding hydrogens is 425 g/mol. The maximum Gasteiger partial charge on any atom is 0.144 e. The number of benzene rings is 1. The lowest BCUT2D eigenvalue weighted by atomic mass is 10.0. The van der Waals surface area contributed by atoms with Gasteiger partial charge in [-0.25, -0.2) is 0 Å². The van der Waals surface area contributed by atoms with E-state index in [1.165, 1.54) is 12.8 Å². The molecule has 0 unspecified atom stereocenters. The van der Waals surface area contributed by atoms with E-state index in [1.807, 2.05) is 6.07 Å². The zero-order valence-corrected chi connectivity index (χ0v) is 13.8. The molecule has 0 aromatic heterocycles. The Bertz CT molecular complexity index is 410. The summed E-state index contributed by atoms with van der Waals surface area (Å²) in [6.07, 6.45) is 2.35. The summed E-state index contributed by atoms with van der Waals surface area (Å²) >= 11 is 10.1. The Kier molecular flexibility index (Phi) is 5.14. The first-order valence-electron chi connectivity index (χ1n) is 4.64. The Hall–Kier alpha value is 0.710. The summed E-state index contributed by atoms with van der Waals surface area (Å²) in [4.78, 5) is 0. The molecule has 6 heteroatoms. The van der Waals surface area contributed by atoms with Crippen LogP contribution in [0.25, 0.3) is 0 Å². The van der Waals surface area contributed by atoms with Crippen molar-refractivity contribution in [3.05, 3.63) is 25.0 Å². The summed E-state index contributed by atoms with van der Waals surface area (Å²) in [5.74, 6) is 0.766. The molecule has 2 rings (SSSR count). The molecule has 1 atom stereocenters. The molecule has 0 heterocycles. The fourth-order valence-electron chi connectivity index (χ4n) is 1.59. The highest BCUT2D eigenvalue weighted by molar-refractivity contribution is 9.11. The van der Waals surface area contributed by atoms with Gasteiger partial charge in [-0.15, -0.1) is 12.4 Å². The highest BCUT2D eigenvalue weighted by Gasteiger charge is 2.32. The second-order valence-electron chi connectivity index (χ2n) is 3.78. The van der Waals surface area contributed by atoms with Crippen molar-refractivity contribution in [1.82, 2.24) is 0 Å². The summed E-state index contributed by atoms with van der Waals surface area (Å²) in [5, 5.41) is 9.79. The van der Waals surface area contributed by atoms with E-state index < -0.39 is 0 Å². The van der Waals surface area contributed by atoms with E-state index >= 15 is 0 Å². The molecule has 0 radical (unpaired) electrons. The van der Waals surface area contributed by atoms with Gasteiger partial charge in [-0.05, 0) is 56.7 Å². The number of hydrogen-bond acceptors (Lipinski definition) is 2. The minimum Gasteiger partial charge on any atom is -0.506 e. The van der Waals surface area contributed by atoms with E-state index in [1.54, 1.807) is 0 Å². The summed E-state index contributed by atoms with van der Waals surface area (Å²) in [6, 6.07) is 1.82. The van der Waals surface area contributed by atoms with Gasteiger partial charge in [0.05, 0.1) is 8.95 Å². The van der Waals surface area contributed by atoms with Crippen LogP contribution in [0, 0.1) is 5.92 Å². The van der Waals surface area contributed by atoms with Crippen LogP contribution in [0.3, 0.4) is 0 Å². The van der Waals surface area contributed by atoms with Crippen molar-refractivity contribution in [2.75, 3.05) is 0 Å². The molecule has 0 saturated heterocycles. The van der Waals surface area contributed by atoms with E-state index in [-0.39, 0.29) is 24.2 Å². The Balaban J connectivity index is 0.00000128. The Labute approximate surface area is 126 Å².